The summed E-state index contributed by atoms with van der Waals surface area (Å²) in [5, 5.41) is 11.6. The van der Waals surface area contributed by atoms with Crippen LogP contribution >= 0.6 is 35.0 Å². The van der Waals surface area contributed by atoms with E-state index in [1.165, 1.54) is 0 Å². The van der Waals surface area contributed by atoms with Crippen LogP contribution in [0.1, 0.15) is 51.0 Å². The average molecular weight is 387 g/mol. The molecule has 0 aliphatic rings. The van der Waals surface area contributed by atoms with Crippen LogP contribution in [-0.2, 0) is 13.0 Å². The van der Waals surface area contributed by atoms with Crippen LogP contribution in [0.15, 0.2) is 28.1 Å². The zero-order valence-corrected chi connectivity index (χ0v) is 16.7. The van der Waals surface area contributed by atoms with Gasteiger partial charge in [-0.25, -0.2) is 4.98 Å². The van der Waals surface area contributed by atoms with Crippen molar-refractivity contribution in [2.75, 3.05) is 6.61 Å². The predicted molar refractivity (Wildman–Crippen MR) is 103 cm³/mol. The number of aliphatic hydroxyl groups excluding tert-OH is 1. The average Bonchev–Trinajstić information content (AvgIpc) is 2.83. The molecule has 1 aromatic heterocycles. The smallest absolute Gasteiger partial charge is 0.109 e. The molecule has 0 unspecified atom stereocenters. The van der Waals surface area contributed by atoms with Gasteiger partial charge < -0.3 is 9.67 Å². The minimum absolute atomic E-state index is 0.183. The largest absolute Gasteiger partial charge is 0.396 e. The maximum absolute atomic E-state index is 9.16. The number of benzene rings is 1. The van der Waals surface area contributed by atoms with Crippen LogP contribution in [0.4, 0.5) is 0 Å². The fourth-order valence-electron chi connectivity index (χ4n) is 2.57. The fraction of sp³-hybridized carbons (Fsp3) is 0.500. The predicted octanol–water partition coefficient (Wildman–Crippen LogP) is 5.80. The van der Waals surface area contributed by atoms with Gasteiger partial charge in [-0.05, 0) is 37.0 Å². The molecule has 0 saturated carbocycles. The van der Waals surface area contributed by atoms with E-state index in [1.807, 2.05) is 12.1 Å². The third-order valence-electron chi connectivity index (χ3n) is 3.63. The van der Waals surface area contributed by atoms with E-state index in [9.17, 15) is 0 Å². The molecular formula is C18H24Cl2N2OS. The van der Waals surface area contributed by atoms with E-state index in [2.05, 4.69) is 25.3 Å². The molecule has 0 aliphatic carbocycles. The van der Waals surface area contributed by atoms with Crippen molar-refractivity contribution in [1.29, 1.82) is 0 Å². The number of rotatable bonds is 8. The zero-order chi connectivity index (χ0) is 17.7. The molecule has 6 heteroatoms. The lowest BCUT2D eigenvalue weighted by atomic mass is 10.1. The number of nitrogens with zero attached hydrogens (tertiary/aromatic N) is 2. The lowest BCUT2D eigenvalue weighted by Gasteiger charge is -2.13. The molecule has 1 heterocycles. The van der Waals surface area contributed by atoms with Crippen molar-refractivity contribution in [2.24, 2.45) is 0 Å². The number of aryl methyl sites for hydroxylation is 1. The second kappa shape index (κ2) is 9.14. The van der Waals surface area contributed by atoms with Gasteiger partial charge in [-0.15, -0.1) is 0 Å². The Morgan fingerprint density at radius 1 is 1.21 bits per heavy atom. The SMILES string of the molecule is CCCn1c(CCCO)nc(C(C)C)c1Sc1cc(Cl)cc(Cl)c1. The molecule has 24 heavy (non-hydrogen) atoms. The Morgan fingerprint density at radius 2 is 1.88 bits per heavy atom. The van der Waals surface area contributed by atoms with Crippen LogP contribution in [-0.4, -0.2) is 21.3 Å². The Morgan fingerprint density at radius 3 is 2.42 bits per heavy atom. The van der Waals surface area contributed by atoms with E-state index in [0.29, 0.717) is 16.0 Å². The number of hydrogen-bond acceptors (Lipinski definition) is 3. The molecule has 0 amide bonds. The third kappa shape index (κ3) is 4.92. The number of hydrogen-bond donors (Lipinski definition) is 1. The van der Waals surface area contributed by atoms with Gasteiger partial charge in [0.1, 0.15) is 10.9 Å². The molecule has 0 saturated heterocycles. The number of aliphatic hydroxyl groups is 1. The maximum atomic E-state index is 9.16. The summed E-state index contributed by atoms with van der Waals surface area (Å²) in [6.45, 7) is 7.57. The number of imidazole rings is 1. The van der Waals surface area contributed by atoms with Crippen molar-refractivity contribution < 1.29 is 5.11 Å². The first-order chi connectivity index (χ1) is 11.5. The molecule has 1 aromatic carbocycles. The standard InChI is InChI=1S/C18H24Cl2N2OS/c1-4-7-22-16(6-5-8-23)21-17(12(2)3)18(22)24-15-10-13(19)9-14(20)11-15/h9-12,23H,4-8H2,1-3H3. The molecule has 2 rings (SSSR count). The quantitative estimate of drug-likeness (QED) is 0.622. The number of halogens is 2. The van der Waals surface area contributed by atoms with Crippen molar-refractivity contribution in [3.63, 3.8) is 0 Å². The van der Waals surface area contributed by atoms with Crippen LogP contribution in [0.25, 0.3) is 0 Å². The summed E-state index contributed by atoms with van der Waals surface area (Å²) in [7, 11) is 0. The van der Waals surface area contributed by atoms with Gasteiger partial charge in [0, 0.05) is 34.5 Å². The highest BCUT2D eigenvalue weighted by atomic mass is 35.5. The number of aromatic nitrogens is 2. The van der Waals surface area contributed by atoms with Gasteiger partial charge >= 0.3 is 0 Å². The molecule has 0 bridgehead atoms. The van der Waals surface area contributed by atoms with Gasteiger partial charge in [0.2, 0.25) is 0 Å². The molecule has 0 radical (unpaired) electrons. The second-order valence-electron chi connectivity index (χ2n) is 6.06. The van der Waals surface area contributed by atoms with Crippen LogP contribution in [0.5, 0.6) is 0 Å². The van der Waals surface area contributed by atoms with E-state index >= 15 is 0 Å². The lowest BCUT2D eigenvalue weighted by Crippen LogP contribution is -2.06. The van der Waals surface area contributed by atoms with Crippen molar-refractivity contribution >= 4 is 35.0 Å². The van der Waals surface area contributed by atoms with Crippen molar-refractivity contribution in [1.82, 2.24) is 9.55 Å². The molecular weight excluding hydrogens is 363 g/mol. The second-order valence-corrected chi connectivity index (χ2v) is 7.99. The molecule has 0 aliphatic heterocycles. The molecule has 2 aromatic rings. The minimum atomic E-state index is 0.183. The van der Waals surface area contributed by atoms with Gasteiger partial charge in [0.25, 0.3) is 0 Å². The Labute approximate surface area is 158 Å². The van der Waals surface area contributed by atoms with Gasteiger partial charge in [0.05, 0.1) is 5.69 Å². The van der Waals surface area contributed by atoms with Crippen molar-refractivity contribution in [3.8, 4) is 0 Å². The van der Waals surface area contributed by atoms with E-state index in [1.54, 1.807) is 17.8 Å². The van der Waals surface area contributed by atoms with Gasteiger partial charge in [-0.1, -0.05) is 55.7 Å². The summed E-state index contributed by atoms with van der Waals surface area (Å²) >= 11 is 14.0. The maximum Gasteiger partial charge on any atom is 0.109 e. The Bertz CT molecular complexity index is 666. The molecule has 0 atom stereocenters. The summed E-state index contributed by atoms with van der Waals surface area (Å²) in [4.78, 5) is 5.89. The Kier molecular flexibility index (Phi) is 7.48. The Balaban J connectivity index is 2.46. The third-order valence-corrected chi connectivity index (χ3v) is 5.16. The van der Waals surface area contributed by atoms with Gasteiger partial charge in [-0.3, -0.25) is 0 Å². The molecule has 132 valence electrons. The highest BCUT2D eigenvalue weighted by Crippen LogP contribution is 2.37. The minimum Gasteiger partial charge on any atom is -0.396 e. The van der Waals surface area contributed by atoms with E-state index in [0.717, 1.165) is 47.2 Å². The van der Waals surface area contributed by atoms with Crippen LogP contribution in [0.2, 0.25) is 10.0 Å². The van der Waals surface area contributed by atoms with Crippen molar-refractivity contribution in [2.45, 2.75) is 62.4 Å². The normalized spacial score (nSPS) is 11.5. The van der Waals surface area contributed by atoms with E-state index in [-0.39, 0.29) is 6.61 Å². The van der Waals surface area contributed by atoms with Crippen LogP contribution in [0, 0.1) is 0 Å². The van der Waals surface area contributed by atoms with E-state index in [4.69, 9.17) is 33.3 Å². The monoisotopic (exact) mass is 386 g/mol. The van der Waals surface area contributed by atoms with Crippen LogP contribution < -0.4 is 0 Å². The first-order valence-corrected chi connectivity index (χ1v) is 9.87. The Hall–Kier alpha value is -0.680. The summed E-state index contributed by atoms with van der Waals surface area (Å²) in [6.07, 6.45) is 2.54. The summed E-state index contributed by atoms with van der Waals surface area (Å²) < 4.78 is 2.28. The molecule has 0 spiro atoms. The summed E-state index contributed by atoms with van der Waals surface area (Å²) in [6, 6.07) is 5.60. The zero-order valence-electron chi connectivity index (χ0n) is 14.4. The first kappa shape index (κ1) is 19.6. The van der Waals surface area contributed by atoms with Gasteiger partial charge in [-0.2, -0.15) is 0 Å². The highest BCUT2D eigenvalue weighted by Gasteiger charge is 2.20. The molecule has 1 N–H and O–H groups in total. The first-order valence-electron chi connectivity index (χ1n) is 8.30. The van der Waals surface area contributed by atoms with Crippen molar-refractivity contribution in [3.05, 3.63) is 39.8 Å². The summed E-state index contributed by atoms with van der Waals surface area (Å²) in [5.74, 6) is 1.37. The highest BCUT2D eigenvalue weighted by molar-refractivity contribution is 7.99. The molecule has 0 fully saturated rings. The summed E-state index contributed by atoms with van der Waals surface area (Å²) in [5.41, 5.74) is 1.09. The van der Waals surface area contributed by atoms with Gasteiger partial charge in [0.15, 0.2) is 0 Å². The molecule has 3 nitrogen and oxygen atoms in total. The fourth-order valence-corrected chi connectivity index (χ4v) is 4.51. The topological polar surface area (TPSA) is 38.0 Å². The van der Waals surface area contributed by atoms with E-state index < -0.39 is 0 Å². The van der Waals surface area contributed by atoms with Crippen LogP contribution in [0.3, 0.4) is 0 Å². The lowest BCUT2D eigenvalue weighted by molar-refractivity contribution is 0.286.